The lowest BCUT2D eigenvalue weighted by Gasteiger charge is -2.22. The van der Waals surface area contributed by atoms with Crippen molar-refractivity contribution in [2.75, 3.05) is 19.8 Å². The van der Waals surface area contributed by atoms with Crippen molar-refractivity contribution in [3.63, 3.8) is 0 Å². The van der Waals surface area contributed by atoms with Gasteiger partial charge >= 0.3 is 6.09 Å². The Hall–Kier alpha value is -2.66. The van der Waals surface area contributed by atoms with Crippen LogP contribution < -0.4 is 0 Å². The summed E-state index contributed by atoms with van der Waals surface area (Å²) in [6.45, 7) is 0.885. The summed E-state index contributed by atoms with van der Waals surface area (Å²) >= 11 is 0. The predicted molar refractivity (Wildman–Crippen MR) is 94.9 cm³/mol. The molecule has 132 valence electrons. The van der Waals surface area contributed by atoms with Gasteiger partial charge in [-0.1, -0.05) is 48.5 Å². The number of benzene rings is 2. The van der Waals surface area contributed by atoms with E-state index in [1.807, 2.05) is 24.3 Å². The van der Waals surface area contributed by atoms with E-state index in [1.54, 1.807) is 0 Å². The van der Waals surface area contributed by atoms with Crippen LogP contribution in [-0.2, 0) is 14.3 Å². The van der Waals surface area contributed by atoms with Gasteiger partial charge in [-0.3, -0.25) is 9.69 Å². The zero-order chi connectivity index (χ0) is 17.7. The molecule has 2 aromatic rings. The highest BCUT2D eigenvalue weighted by Gasteiger charge is 2.47. The minimum absolute atomic E-state index is 0.0268. The molecule has 0 spiro atoms. The molecular weight excluding hydrogens is 330 g/mol. The SMILES string of the molecule is O=C1CO[C@@H]2CCN(C(=O)OCC3c4ccccc4-c4ccccc43)[C@H]12. The molecule has 0 bridgehead atoms. The van der Waals surface area contributed by atoms with Gasteiger partial charge in [-0.15, -0.1) is 0 Å². The quantitative estimate of drug-likeness (QED) is 0.836. The van der Waals surface area contributed by atoms with Crippen molar-refractivity contribution < 1.29 is 19.1 Å². The molecule has 2 aliphatic heterocycles. The number of likely N-dealkylation sites (tertiary alicyclic amines) is 1. The van der Waals surface area contributed by atoms with Gasteiger partial charge in [-0.05, 0) is 28.7 Å². The lowest BCUT2D eigenvalue weighted by Crippen LogP contribution is -2.42. The highest BCUT2D eigenvalue weighted by Crippen LogP contribution is 2.44. The van der Waals surface area contributed by atoms with Crippen molar-refractivity contribution in [3.8, 4) is 11.1 Å². The van der Waals surface area contributed by atoms with Gasteiger partial charge in [0.25, 0.3) is 0 Å². The molecule has 2 aromatic carbocycles. The number of ketones is 1. The third-order valence-electron chi connectivity index (χ3n) is 5.68. The summed E-state index contributed by atoms with van der Waals surface area (Å²) < 4.78 is 11.1. The van der Waals surface area contributed by atoms with Gasteiger partial charge in [0.05, 0.1) is 6.10 Å². The van der Waals surface area contributed by atoms with Gasteiger partial charge in [0.1, 0.15) is 19.3 Å². The normalized spacial score (nSPS) is 23.7. The summed E-state index contributed by atoms with van der Waals surface area (Å²) in [4.78, 5) is 26.1. The van der Waals surface area contributed by atoms with Crippen LogP contribution in [0.3, 0.4) is 0 Å². The first-order valence-electron chi connectivity index (χ1n) is 9.00. The fourth-order valence-corrected chi connectivity index (χ4v) is 4.48. The van der Waals surface area contributed by atoms with Gasteiger partial charge in [0.15, 0.2) is 5.78 Å². The van der Waals surface area contributed by atoms with Gasteiger partial charge < -0.3 is 9.47 Å². The maximum Gasteiger partial charge on any atom is 0.410 e. The Morgan fingerprint density at radius 1 is 1.08 bits per heavy atom. The number of amides is 1. The highest BCUT2D eigenvalue weighted by atomic mass is 16.6. The molecule has 26 heavy (non-hydrogen) atoms. The van der Waals surface area contributed by atoms with Crippen LogP contribution in [0.15, 0.2) is 48.5 Å². The van der Waals surface area contributed by atoms with Gasteiger partial charge in [0, 0.05) is 12.5 Å². The Kier molecular flexibility index (Phi) is 3.57. The van der Waals surface area contributed by atoms with Crippen LogP contribution in [0.2, 0.25) is 0 Å². The Bertz CT molecular complexity index is 848. The molecule has 1 aliphatic carbocycles. The maximum absolute atomic E-state index is 12.6. The first-order chi connectivity index (χ1) is 12.7. The van der Waals surface area contributed by atoms with E-state index in [2.05, 4.69) is 24.3 Å². The predicted octanol–water partition coefficient (Wildman–Crippen LogP) is 2.98. The molecular formula is C21H19NO4. The van der Waals surface area contributed by atoms with Crippen molar-refractivity contribution in [1.82, 2.24) is 4.90 Å². The average molecular weight is 349 g/mol. The molecule has 5 nitrogen and oxygen atoms in total. The van der Waals surface area contributed by atoms with Gasteiger partial charge in [-0.2, -0.15) is 0 Å². The third kappa shape index (κ3) is 2.27. The summed E-state index contributed by atoms with van der Waals surface area (Å²) in [5.41, 5.74) is 4.76. The van der Waals surface area contributed by atoms with E-state index in [0.29, 0.717) is 13.0 Å². The van der Waals surface area contributed by atoms with Crippen LogP contribution in [0, 0.1) is 0 Å². The van der Waals surface area contributed by atoms with Crippen LogP contribution in [0.4, 0.5) is 4.79 Å². The molecule has 0 saturated carbocycles. The maximum atomic E-state index is 12.6. The van der Waals surface area contributed by atoms with Crippen LogP contribution in [0.5, 0.6) is 0 Å². The zero-order valence-electron chi connectivity index (χ0n) is 14.3. The summed E-state index contributed by atoms with van der Waals surface area (Å²) in [5.74, 6) is 0.00119. The number of nitrogens with zero attached hydrogens (tertiary/aromatic N) is 1. The molecule has 0 N–H and O–H groups in total. The van der Waals surface area contributed by atoms with Crippen molar-refractivity contribution in [3.05, 3.63) is 59.7 Å². The molecule has 0 unspecified atom stereocenters. The van der Waals surface area contributed by atoms with Crippen molar-refractivity contribution in [2.24, 2.45) is 0 Å². The monoisotopic (exact) mass is 349 g/mol. The standard InChI is InChI=1S/C21H19NO4/c23-18-12-25-19-9-10-22(20(18)19)21(24)26-11-17-15-7-3-1-5-13(15)14-6-2-4-8-16(14)17/h1-8,17,19-20H,9-12H2/t19-,20-/m1/s1. The van der Waals surface area contributed by atoms with Crippen LogP contribution in [-0.4, -0.2) is 48.7 Å². The van der Waals surface area contributed by atoms with Crippen LogP contribution in [0.1, 0.15) is 23.5 Å². The largest absolute Gasteiger partial charge is 0.448 e. The van der Waals surface area contributed by atoms with E-state index in [-0.39, 0.29) is 31.0 Å². The van der Waals surface area contributed by atoms with Crippen LogP contribution in [0.25, 0.3) is 11.1 Å². The summed E-state index contributed by atoms with van der Waals surface area (Å²) in [6.07, 6.45) is 0.113. The molecule has 2 saturated heterocycles. The molecule has 2 heterocycles. The summed E-state index contributed by atoms with van der Waals surface area (Å²) in [7, 11) is 0. The lowest BCUT2D eigenvalue weighted by atomic mass is 9.98. The average Bonchev–Trinajstić information content (AvgIpc) is 3.34. The fraction of sp³-hybridized carbons (Fsp3) is 0.333. The second-order valence-electron chi connectivity index (χ2n) is 7.05. The number of Topliss-reactive ketones (excluding diaryl/α,β-unsaturated/α-hetero) is 1. The third-order valence-corrected chi connectivity index (χ3v) is 5.68. The Balaban J connectivity index is 1.36. The van der Waals surface area contributed by atoms with E-state index in [0.717, 1.165) is 0 Å². The smallest absolute Gasteiger partial charge is 0.410 e. The minimum Gasteiger partial charge on any atom is -0.448 e. The molecule has 1 amide bonds. The Labute approximate surface area is 151 Å². The van der Waals surface area contributed by atoms with Crippen molar-refractivity contribution in [2.45, 2.75) is 24.5 Å². The molecule has 5 heteroatoms. The number of carbonyl (C=O) groups excluding carboxylic acids is 2. The molecule has 0 radical (unpaired) electrons. The number of hydrogen-bond acceptors (Lipinski definition) is 4. The second kappa shape index (κ2) is 5.95. The van der Waals surface area contributed by atoms with Crippen LogP contribution >= 0.6 is 0 Å². The molecule has 3 aliphatic rings. The van der Waals surface area contributed by atoms with Gasteiger partial charge in [0.2, 0.25) is 0 Å². The Morgan fingerprint density at radius 3 is 2.42 bits per heavy atom. The van der Waals surface area contributed by atoms with Crippen molar-refractivity contribution in [1.29, 1.82) is 0 Å². The lowest BCUT2D eigenvalue weighted by molar-refractivity contribution is -0.121. The van der Waals surface area contributed by atoms with E-state index in [1.165, 1.54) is 27.2 Å². The second-order valence-corrected chi connectivity index (χ2v) is 7.05. The fourth-order valence-electron chi connectivity index (χ4n) is 4.48. The Morgan fingerprint density at radius 2 is 1.73 bits per heavy atom. The molecule has 5 rings (SSSR count). The van der Waals surface area contributed by atoms with Gasteiger partial charge in [-0.25, -0.2) is 4.79 Å². The number of fused-ring (bicyclic) bond motifs is 4. The summed E-state index contributed by atoms with van der Waals surface area (Å²) in [6, 6.07) is 16.0. The van der Waals surface area contributed by atoms with E-state index in [4.69, 9.17) is 9.47 Å². The summed E-state index contributed by atoms with van der Waals surface area (Å²) in [5, 5.41) is 0. The number of hydrogen-bond donors (Lipinski definition) is 0. The topological polar surface area (TPSA) is 55.8 Å². The van der Waals surface area contributed by atoms with Crippen molar-refractivity contribution >= 4 is 11.9 Å². The first-order valence-corrected chi connectivity index (χ1v) is 9.00. The van der Waals surface area contributed by atoms with E-state index < -0.39 is 12.1 Å². The highest BCUT2D eigenvalue weighted by molar-refractivity contribution is 5.91. The molecule has 0 aromatic heterocycles. The molecule has 2 atom stereocenters. The molecule has 2 fully saturated rings. The number of ether oxygens (including phenoxy) is 2. The zero-order valence-corrected chi connectivity index (χ0v) is 14.3. The first kappa shape index (κ1) is 15.6. The van der Waals surface area contributed by atoms with E-state index >= 15 is 0 Å². The number of carbonyl (C=O) groups is 2. The van der Waals surface area contributed by atoms with E-state index in [9.17, 15) is 9.59 Å². The number of rotatable bonds is 2. The minimum atomic E-state index is -0.467.